The first-order valence-electron chi connectivity index (χ1n) is 4.94. The fourth-order valence-electron chi connectivity index (χ4n) is 1.32. The molecule has 1 heterocycles. The third-order valence-corrected chi connectivity index (χ3v) is 2.94. The lowest BCUT2D eigenvalue weighted by Gasteiger charge is -2.03. The van der Waals surface area contributed by atoms with E-state index in [0.29, 0.717) is 22.5 Å². The summed E-state index contributed by atoms with van der Waals surface area (Å²) in [7, 11) is 0. The Morgan fingerprint density at radius 2 is 1.82 bits per heavy atom. The second-order valence-electron chi connectivity index (χ2n) is 3.46. The molecule has 0 aliphatic rings. The van der Waals surface area contributed by atoms with Gasteiger partial charge in [0.05, 0.1) is 0 Å². The first-order valence-corrected chi connectivity index (χ1v) is 5.93. The minimum atomic E-state index is 0.246. The molecule has 88 valence electrons. The topological polar surface area (TPSA) is 98.1 Å². The molecule has 1 aromatic carbocycles. The molecule has 0 amide bonds. The van der Waals surface area contributed by atoms with Gasteiger partial charge in [-0.15, -0.1) is 0 Å². The molecule has 0 atom stereocenters. The van der Waals surface area contributed by atoms with E-state index in [0.717, 1.165) is 5.56 Å². The summed E-state index contributed by atoms with van der Waals surface area (Å²) >= 11 is 1.42. The Hall–Kier alpha value is -1.95. The molecule has 17 heavy (non-hydrogen) atoms. The summed E-state index contributed by atoms with van der Waals surface area (Å²) in [5.74, 6) is 1.61. The van der Waals surface area contributed by atoms with Crippen molar-refractivity contribution in [2.24, 2.45) is 0 Å². The van der Waals surface area contributed by atoms with Gasteiger partial charge in [-0.25, -0.2) is 9.97 Å². The van der Waals surface area contributed by atoms with Gasteiger partial charge in [-0.2, -0.15) is 0 Å². The molecule has 2 rings (SSSR count). The van der Waals surface area contributed by atoms with E-state index in [9.17, 15) is 5.11 Å². The molecular weight excluding hydrogens is 236 g/mol. The Morgan fingerprint density at radius 3 is 2.47 bits per heavy atom. The number of phenols is 1. The highest BCUT2D eigenvalue weighted by Crippen LogP contribution is 2.22. The average Bonchev–Trinajstić information content (AvgIpc) is 2.25. The molecule has 5 N–H and O–H groups in total. The number of benzene rings is 1. The molecule has 6 heteroatoms. The summed E-state index contributed by atoms with van der Waals surface area (Å²) in [5, 5.41) is 9.85. The Labute approximate surface area is 103 Å². The second-order valence-corrected chi connectivity index (χ2v) is 4.40. The van der Waals surface area contributed by atoms with Crippen LogP contribution < -0.4 is 11.5 Å². The van der Waals surface area contributed by atoms with Crippen molar-refractivity contribution in [3.8, 4) is 5.75 Å². The summed E-state index contributed by atoms with van der Waals surface area (Å²) in [4.78, 5) is 8.12. The molecule has 0 saturated heterocycles. The number of nitrogens with two attached hydrogens (primary N) is 2. The highest BCUT2D eigenvalue weighted by atomic mass is 32.2. The van der Waals surface area contributed by atoms with Gasteiger partial charge < -0.3 is 16.6 Å². The molecule has 0 aliphatic carbocycles. The molecule has 0 unspecified atom stereocenters. The predicted octanol–water partition coefficient (Wildman–Crippen LogP) is 1.64. The number of aromatic hydroxyl groups is 1. The average molecular weight is 248 g/mol. The van der Waals surface area contributed by atoms with Gasteiger partial charge in [0.25, 0.3) is 0 Å². The van der Waals surface area contributed by atoms with Crippen LogP contribution in [0.2, 0.25) is 0 Å². The number of hydrogen-bond donors (Lipinski definition) is 3. The monoisotopic (exact) mass is 248 g/mol. The Morgan fingerprint density at radius 1 is 1.12 bits per heavy atom. The maximum Gasteiger partial charge on any atom is 0.191 e. The van der Waals surface area contributed by atoms with E-state index in [1.807, 2.05) is 6.07 Å². The number of phenolic OH excluding ortho intramolecular Hbond substituents is 1. The molecule has 2 aromatic rings. The quantitative estimate of drug-likeness (QED) is 0.564. The molecule has 0 radical (unpaired) electrons. The van der Waals surface area contributed by atoms with Gasteiger partial charge in [-0.05, 0) is 17.7 Å². The van der Waals surface area contributed by atoms with Gasteiger partial charge in [-0.1, -0.05) is 23.9 Å². The van der Waals surface area contributed by atoms with Crippen molar-refractivity contribution in [3.05, 3.63) is 35.9 Å². The summed E-state index contributed by atoms with van der Waals surface area (Å²) in [6.07, 6.45) is 0. The van der Waals surface area contributed by atoms with Crippen LogP contribution in [-0.2, 0) is 5.75 Å². The maximum atomic E-state index is 9.32. The number of anilines is 2. The number of nitrogen functional groups attached to an aromatic ring is 2. The van der Waals surface area contributed by atoms with Crippen LogP contribution in [0.15, 0.2) is 35.5 Å². The molecule has 0 spiro atoms. The van der Waals surface area contributed by atoms with Crippen LogP contribution in [0.1, 0.15) is 5.56 Å². The normalized spacial score (nSPS) is 10.4. The highest BCUT2D eigenvalue weighted by molar-refractivity contribution is 7.98. The predicted molar refractivity (Wildman–Crippen MR) is 68.5 cm³/mol. The lowest BCUT2D eigenvalue weighted by molar-refractivity contribution is 0.475. The zero-order valence-corrected chi connectivity index (χ0v) is 9.81. The lowest BCUT2D eigenvalue weighted by Crippen LogP contribution is -1.99. The van der Waals surface area contributed by atoms with E-state index in [-0.39, 0.29) is 5.75 Å². The molecule has 0 aliphatic heterocycles. The third-order valence-electron chi connectivity index (χ3n) is 2.02. The number of aromatic nitrogens is 2. The van der Waals surface area contributed by atoms with E-state index < -0.39 is 0 Å². The number of nitrogens with zero attached hydrogens (tertiary/aromatic N) is 2. The van der Waals surface area contributed by atoms with E-state index in [1.165, 1.54) is 17.8 Å². The fourth-order valence-corrected chi connectivity index (χ4v) is 2.14. The van der Waals surface area contributed by atoms with Gasteiger partial charge in [0, 0.05) is 11.8 Å². The summed E-state index contributed by atoms with van der Waals surface area (Å²) < 4.78 is 0. The second kappa shape index (κ2) is 4.92. The van der Waals surface area contributed by atoms with Crippen LogP contribution in [0.5, 0.6) is 5.75 Å². The Bertz CT molecular complexity index is 512. The third kappa shape index (κ3) is 3.25. The van der Waals surface area contributed by atoms with Crippen molar-refractivity contribution in [2.75, 3.05) is 11.5 Å². The standard InChI is InChI=1S/C11H12N4OS/c12-9-5-10(13)15-11(14-9)17-6-7-2-1-3-8(16)4-7/h1-5,16H,6H2,(H4,12,13,14,15). The number of hydrogen-bond acceptors (Lipinski definition) is 6. The van der Waals surface area contributed by atoms with Gasteiger partial charge in [0.15, 0.2) is 5.16 Å². The van der Waals surface area contributed by atoms with Gasteiger partial charge in [-0.3, -0.25) is 0 Å². The zero-order valence-electron chi connectivity index (χ0n) is 9.00. The molecular formula is C11H12N4OS. The number of rotatable bonds is 3. The SMILES string of the molecule is Nc1cc(N)nc(SCc2cccc(O)c2)n1. The Balaban J connectivity index is 2.07. The minimum Gasteiger partial charge on any atom is -0.508 e. The van der Waals surface area contributed by atoms with Crippen LogP contribution in [-0.4, -0.2) is 15.1 Å². The Kier molecular flexibility index (Phi) is 3.34. The van der Waals surface area contributed by atoms with Crippen LogP contribution in [0.3, 0.4) is 0 Å². The van der Waals surface area contributed by atoms with Crippen molar-refractivity contribution in [3.63, 3.8) is 0 Å². The summed E-state index contributed by atoms with van der Waals surface area (Å²) in [5.41, 5.74) is 12.1. The van der Waals surface area contributed by atoms with E-state index in [4.69, 9.17) is 11.5 Å². The van der Waals surface area contributed by atoms with Crippen molar-refractivity contribution in [1.82, 2.24) is 9.97 Å². The van der Waals surface area contributed by atoms with E-state index in [1.54, 1.807) is 18.2 Å². The smallest absolute Gasteiger partial charge is 0.191 e. The van der Waals surface area contributed by atoms with E-state index in [2.05, 4.69) is 9.97 Å². The van der Waals surface area contributed by atoms with Crippen LogP contribution in [0, 0.1) is 0 Å². The van der Waals surface area contributed by atoms with Gasteiger partial charge in [0.2, 0.25) is 0 Å². The summed E-state index contributed by atoms with van der Waals surface area (Å²) in [6.45, 7) is 0. The number of thioether (sulfide) groups is 1. The van der Waals surface area contributed by atoms with Crippen LogP contribution in [0.25, 0.3) is 0 Å². The molecule has 0 saturated carbocycles. The minimum absolute atomic E-state index is 0.246. The van der Waals surface area contributed by atoms with Gasteiger partial charge >= 0.3 is 0 Å². The van der Waals surface area contributed by atoms with Crippen molar-refractivity contribution in [2.45, 2.75) is 10.9 Å². The van der Waals surface area contributed by atoms with Crippen molar-refractivity contribution in [1.29, 1.82) is 0 Å². The molecule has 5 nitrogen and oxygen atoms in total. The molecule has 1 aromatic heterocycles. The van der Waals surface area contributed by atoms with Crippen molar-refractivity contribution < 1.29 is 5.11 Å². The first kappa shape index (κ1) is 11.5. The molecule has 0 fully saturated rings. The van der Waals surface area contributed by atoms with Crippen LogP contribution in [0.4, 0.5) is 11.6 Å². The summed E-state index contributed by atoms with van der Waals surface area (Å²) in [6, 6.07) is 8.55. The highest BCUT2D eigenvalue weighted by Gasteiger charge is 2.02. The van der Waals surface area contributed by atoms with E-state index >= 15 is 0 Å². The van der Waals surface area contributed by atoms with Gasteiger partial charge in [0.1, 0.15) is 17.4 Å². The van der Waals surface area contributed by atoms with Crippen molar-refractivity contribution >= 4 is 23.4 Å². The maximum absolute atomic E-state index is 9.32. The zero-order chi connectivity index (χ0) is 12.3. The molecule has 0 bridgehead atoms. The van der Waals surface area contributed by atoms with Crippen LogP contribution >= 0.6 is 11.8 Å². The largest absolute Gasteiger partial charge is 0.508 e. The fraction of sp³-hybridized carbons (Fsp3) is 0.0909. The first-order chi connectivity index (χ1) is 8.13. The lowest BCUT2D eigenvalue weighted by atomic mass is 10.2.